The Morgan fingerprint density at radius 3 is 2.52 bits per heavy atom. The van der Waals surface area contributed by atoms with Gasteiger partial charge in [-0.15, -0.1) is 0 Å². The third-order valence-electron chi connectivity index (χ3n) is 4.21. The van der Waals surface area contributed by atoms with Crippen LogP contribution in [0, 0.1) is 5.92 Å². The van der Waals surface area contributed by atoms with Gasteiger partial charge in [0.1, 0.15) is 11.5 Å². The van der Waals surface area contributed by atoms with Crippen molar-refractivity contribution in [2.45, 2.75) is 26.3 Å². The van der Waals surface area contributed by atoms with E-state index in [1.54, 1.807) is 31.4 Å². The minimum absolute atomic E-state index is 0.0857. The predicted octanol–water partition coefficient (Wildman–Crippen LogP) is 3.16. The number of carbonyl (C=O) groups is 2. The Hall–Kier alpha value is -3.02. The number of aliphatic carboxylic acids is 1. The molecule has 0 saturated heterocycles. The van der Waals surface area contributed by atoms with Crippen LogP contribution >= 0.6 is 0 Å². The molecule has 0 aromatic heterocycles. The number of carbonyl (C=O) groups excluding carboxylic acids is 1. The molecule has 1 amide bonds. The fourth-order valence-electron chi connectivity index (χ4n) is 2.69. The number of benzene rings is 2. The highest BCUT2D eigenvalue weighted by Gasteiger charge is 2.19. The van der Waals surface area contributed by atoms with Crippen LogP contribution in [0.25, 0.3) is 0 Å². The lowest BCUT2D eigenvalue weighted by Crippen LogP contribution is -2.40. The maximum atomic E-state index is 12.7. The summed E-state index contributed by atoms with van der Waals surface area (Å²) in [4.78, 5) is 23.3. The Labute approximate surface area is 159 Å². The fraction of sp³-hybridized carbons (Fsp3) is 0.333. The van der Waals surface area contributed by atoms with Crippen molar-refractivity contribution in [2.75, 3.05) is 13.7 Å². The Morgan fingerprint density at radius 2 is 1.85 bits per heavy atom. The summed E-state index contributed by atoms with van der Waals surface area (Å²) in [5, 5.41) is 11.8. The number of hydrogen-bond donors (Lipinski definition) is 2. The molecular formula is C21H25NO5. The van der Waals surface area contributed by atoms with Crippen molar-refractivity contribution in [3.05, 3.63) is 59.7 Å². The topological polar surface area (TPSA) is 84.9 Å². The molecule has 2 rings (SSSR count). The van der Waals surface area contributed by atoms with Gasteiger partial charge in [0.05, 0.1) is 7.11 Å². The van der Waals surface area contributed by atoms with E-state index in [0.717, 1.165) is 11.3 Å². The van der Waals surface area contributed by atoms with Crippen molar-refractivity contribution in [3.63, 3.8) is 0 Å². The summed E-state index contributed by atoms with van der Waals surface area (Å²) in [6.45, 7) is 3.65. The summed E-state index contributed by atoms with van der Waals surface area (Å²) >= 11 is 0. The third kappa shape index (κ3) is 6.02. The second kappa shape index (κ2) is 9.62. The molecule has 0 aliphatic carbocycles. The Morgan fingerprint density at radius 1 is 1.11 bits per heavy atom. The van der Waals surface area contributed by atoms with Crippen molar-refractivity contribution in [1.29, 1.82) is 0 Å². The molecule has 1 atom stereocenters. The monoisotopic (exact) mass is 371 g/mol. The molecule has 0 heterocycles. The molecule has 144 valence electrons. The average Bonchev–Trinajstić information content (AvgIpc) is 2.66. The second-order valence-corrected chi connectivity index (χ2v) is 6.55. The molecule has 0 aliphatic rings. The van der Waals surface area contributed by atoms with Gasteiger partial charge < -0.3 is 19.9 Å². The summed E-state index contributed by atoms with van der Waals surface area (Å²) in [6.07, 6.45) is 0.641. The number of carboxylic acids is 1. The van der Waals surface area contributed by atoms with Crippen molar-refractivity contribution in [2.24, 2.45) is 5.92 Å². The highest BCUT2D eigenvalue weighted by molar-refractivity contribution is 5.94. The van der Waals surface area contributed by atoms with E-state index in [1.807, 2.05) is 38.1 Å². The van der Waals surface area contributed by atoms with Crippen LogP contribution in [0.1, 0.15) is 29.8 Å². The van der Waals surface area contributed by atoms with Crippen molar-refractivity contribution in [1.82, 2.24) is 5.32 Å². The molecule has 0 bridgehead atoms. The summed E-state index contributed by atoms with van der Waals surface area (Å²) in [7, 11) is 1.63. The van der Waals surface area contributed by atoms with Crippen molar-refractivity contribution < 1.29 is 24.2 Å². The fourth-order valence-corrected chi connectivity index (χ4v) is 2.69. The molecule has 2 N–H and O–H groups in total. The predicted molar refractivity (Wildman–Crippen MR) is 102 cm³/mol. The van der Waals surface area contributed by atoms with Gasteiger partial charge in [-0.05, 0) is 42.2 Å². The second-order valence-electron chi connectivity index (χ2n) is 6.55. The van der Waals surface area contributed by atoms with Gasteiger partial charge in [0.2, 0.25) is 0 Å². The van der Waals surface area contributed by atoms with Crippen LogP contribution in [0.2, 0.25) is 0 Å². The van der Waals surface area contributed by atoms with Gasteiger partial charge in [-0.2, -0.15) is 0 Å². The molecule has 27 heavy (non-hydrogen) atoms. The molecule has 1 unspecified atom stereocenters. The first-order valence-corrected chi connectivity index (χ1v) is 8.78. The number of para-hydroxylation sites is 1. The van der Waals surface area contributed by atoms with Crippen LogP contribution in [0.4, 0.5) is 0 Å². The molecule has 6 heteroatoms. The molecule has 0 fully saturated rings. The van der Waals surface area contributed by atoms with Crippen molar-refractivity contribution in [3.8, 4) is 11.5 Å². The standard InChI is InChI=1S/C21H25NO5/c1-14(2)18(12-15-7-4-5-10-19(15)26-3)22-21(25)16-8-6-9-17(11-16)27-13-20(23)24/h4-11,14,18H,12-13H2,1-3H3,(H,22,25)(H,23,24). The van der Waals surface area contributed by atoms with Crippen LogP contribution in [0.5, 0.6) is 11.5 Å². The lowest BCUT2D eigenvalue weighted by molar-refractivity contribution is -0.139. The van der Waals surface area contributed by atoms with Gasteiger partial charge >= 0.3 is 5.97 Å². The van der Waals surface area contributed by atoms with Crippen LogP contribution in [-0.4, -0.2) is 36.7 Å². The quantitative estimate of drug-likeness (QED) is 0.707. The van der Waals surface area contributed by atoms with Crippen LogP contribution in [0.3, 0.4) is 0 Å². The maximum Gasteiger partial charge on any atom is 0.341 e. The highest BCUT2D eigenvalue weighted by Crippen LogP contribution is 2.21. The Bertz CT molecular complexity index is 788. The van der Waals surface area contributed by atoms with Gasteiger partial charge in [0.15, 0.2) is 6.61 Å². The molecule has 2 aromatic rings. The first-order valence-electron chi connectivity index (χ1n) is 8.78. The Kier molecular flexibility index (Phi) is 7.23. The lowest BCUT2D eigenvalue weighted by atomic mass is 9.95. The molecule has 0 spiro atoms. The molecular weight excluding hydrogens is 346 g/mol. The first kappa shape index (κ1) is 20.3. The summed E-state index contributed by atoms with van der Waals surface area (Å²) in [5.74, 6) is 0.0496. The van der Waals surface area contributed by atoms with E-state index < -0.39 is 12.6 Å². The van der Waals surface area contributed by atoms with Gasteiger partial charge in [0.25, 0.3) is 5.91 Å². The van der Waals surface area contributed by atoms with Gasteiger partial charge in [-0.3, -0.25) is 4.79 Å². The molecule has 0 aliphatic heterocycles. The normalized spacial score (nSPS) is 11.7. The van der Waals surface area contributed by atoms with E-state index in [0.29, 0.717) is 17.7 Å². The minimum atomic E-state index is -1.07. The number of nitrogens with one attached hydrogen (secondary N) is 1. The van der Waals surface area contributed by atoms with Crippen LogP contribution in [-0.2, 0) is 11.2 Å². The van der Waals surface area contributed by atoms with E-state index in [9.17, 15) is 9.59 Å². The molecule has 0 radical (unpaired) electrons. The van der Waals surface area contributed by atoms with E-state index in [2.05, 4.69) is 5.32 Å². The Balaban J connectivity index is 2.11. The summed E-state index contributed by atoms with van der Waals surface area (Å²) in [5.41, 5.74) is 1.45. The van der Waals surface area contributed by atoms with Crippen LogP contribution in [0.15, 0.2) is 48.5 Å². The largest absolute Gasteiger partial charge is 0.496 e. The summed E-state index contributed by atoms with van der Waals surface area (Å²) in [6, 6.07) is 14.2. The zero-order valence-corrected chi connectivity index (χ0v) is 15.8. The maximum absolute atomic E-state index is 12.7. The number of carboxylic acid groups (broad SMARTS) is 1. The minimum Gasteiger partial charge on any atom is -0.496 e. The zero-order chi connectivity index (χ0) is 19.8. The molecule has 6 nitrogen and oxygen atoms in total. The highest BCUT2D eigenvalue weighted by atomic mass is 16.5. The number of rotatable bonds is 9. The molecule has 2 aromatic carbocycles. The van der Waals surface area contributed by atoms with E-state index in [4.69, 9.17) is 14.6 Å². The SMILES string of the molecule is COc1ccccc1CC(NC(=O)c1cccc(OCC(=O)O)c1)C(C)C. The van der Waals surface area contributed by atoms with Gasteiger partial charge in [-0.25, -0.2) is 4.79 Å². The number of methoxy groups -OCH3 is 1. The first-order chi connectivity index (χ1) is 12.9. The summed E-state index contributed by atoms with van der Waals surface area (Å²) < 4.78 is 10.5. The van der Waals surface area contributed by atoms with Gasteiger partial charge in [-0.1, -0.05) is 38.1 Å². The van der Waals surface area contributed by atoms with E-state index >= 15 is 0 Å². The van der Waals surface area contributed by atoms with Crippen molar-refractivity contribution >= 4 is 11.9 Å². The van der Waals surface area contributed by atoms with E-state index in [-0.39, 0.29) is 17.9 Å². The number of ether oxygens (including phenoxy) is 2. The smallest absolute Gasteiger partial charge is 0.341 e. The van der Waals surface area contributed by atoms with E-state index in [1.165, 1.54) is 0 Å². The number of amides is 1. The molecule has 0 saturated carbocycles. The average molecular weight is 371 g/mol. The lowest BCUT2D eigenvalue weighted by Gasteiger charge is -2.23. The number of hydrogen-bond acceptors (Lipinski definition) is 4. The third-order valence-corrected chi connectivity index (χ3v) is 4.21. The van der Waals surface area contributed by atoms with Crippen LogP contribution < -0.4 is 14.8 Å². The van der Waals surface area contributed by atoms with Gasteiger partial charge in [0, 0.05) is 11.6 Å². The zero-order valence-electron chi connectivity index (χ0n) is 15.8.